The van der Waals surface area contributed by atoms with Crippen LogP contribution in [0, 0.1) is 6.92 Å². The van der Waals surface area contributed by atoms with Crippen LogP contribution in [0.2, 0.25) is 0 Å². The Bertz CT molecular complexity index is 716. The molecule has 1 heterocycles. The first kappa shape index (κ1) is 21.7. The maximum absolute atomic E-state index is 12.4. The first-order valence-electron chi connectivity index (χ1n) is 9.96. The lowest BCUT2D eigenvalue weighted by molar-refractivity contribution is -0.130. The van der Waals surface area contributed by atoms with Crippen LogP contribution in [0.1, 0.15) is 50.7 Å². The summed E-state index contributed by atoms with van der Waals surface area (Å²) in [5.41, 5.74) is 1.77. The van der Waals surface area contributed by atoms with Gasteiger partial charge in [0.25, 0.3) is 5.91 Å². The van der Waals surface area contributed by atoms with E-state index in [1.54, 1.807) is 14.0 Å². The van der Waals surface area contributed by atoms with E-state index in [0.717, 1.165) is 12.5 Å². The molecule has 0 aromatic heterocycles. The number of amides is 3. The second kappa shape index (κ2) is 9.57. The van der Waals surface area contributed by atoms with E-state index >= 15 is 0 Å². The van der Waals surface area contributed by atoms with Crippen LogP contribution in [0.25, 0.3) is 0 Å². The van der Waals surface area contributed by atoms with Crippen molar-refractivity contribution in [3.8, 4) is 0 Å². The van der Waals surface area contributed by atoms with Crippen molar-refractivity contribution in [3.63, 3.8) is 0 Å². The molecule has 1 fully saturated rings. The molecule has 154 valence electrons. The van der Waals surface area contributed by atoms with Gasteiger partial charge in [-0.05, 0) is 38.2 Å². The highest BCUT2D eigenvalue weighted by atomic mass is 16.2. The standard InChI is InChI=1S/C21H33N5O2/c1-6-21(4)18(27)26(20(28)25-21)13-7-12-23-19(22-5)24-14-16(3)17-10-8-15(2)9-11-17/h8-11,16H,6-7,12-14H2,1-5H3,(H,25,28)(H2,22,23,24). The number of imide groups is 1. The van der Waals surface area contributed by atoms with E-state index in [0.29, 0.717) is 31.8 Å². The predicted molar refractivity (Wildman–Crippen MR) is 113 cm³/mol. The van der Waals surface area contributed by atoms with Crippen LogP contribution in [-0.4, -0.2) is 55.0 Å². The third kappa shape index (κ3) is 5.24. The van der Waals surface area contributed by atoms with Gasteiger partial charge in [-0.25, -0.2) is 4.79 Å². The van der Waals surface area contributed by atoms with Gasteiger partial charge < -0.3 is 16.0 Å². The number of aliphatic imine (C=N–C) groups is 1. The minimum atomic E-state index is -0.770. The van der Waals surface area contributed by atoms with E-state index in [4.69, 9.17) is 0 Å². The highest BCUT2D eigenvalue weighted by Gasteiger charge is 2.45. The molecule has 0 spiro atoms. The summed E-state index contributed by atoms with van der Waals surface area (Å²) in [5, 5.41) is 9.35. The highest BCUT2D eigenvalue weighted by molar-refractivity contribution is 6.06. The number of rotatable bonds is 8. The zero-order valence-corrected chi connectivity index (χ0v) is 17.6. The first-order chi connectivity index (χ1) is 13.3. The molecule has 3 amide bonds. The Morgan fingerprint density at radius 3 is 2.50 bits per heavy atom. The number of nitrogens with one attached hydrogen (secondary N) is 3. The van der Waals surface area contributed by atoms with Crippen LogP contribution in [0.3, 0.4) is 0 Å². The molecule has 0 radical (unpaired) electrons. The SMILES string of the molecule is CCC1(C)NC(=O)N(CCCNC(=NC)NCC(C)c2ccc(C)cc2)C1=O. The second-order valence-electron chi connectivity index (χ2n) is 7.62. The van der Waals surface area contributed by atoms with Crippen LogP contribution in [0.15, 0.2) is 29.3 Å². The normalized spacial score (nSPS) is 20.9. The Morgan fingerprint density at radius 2 is 1.93 bits per heavy atom. The van der Waals surface area contributed by atoms with Gasteiger partial charge in [-0.3, -0.25) is 14.7 Å². The molecule has 7 heteroatoms. The summed E-state index contributed by atoms with van der Waals surface area (Å²) in [6.45, 7) is 9.71. The summed E-state index contributed by atoms with van der Waals surface area (Å²) in [4.78, 5) is 29.9. The van der Waals surface area contributed by atoms with Gasteiger partial charge in [0.2, 0.25) is 0 Å². The molecule has 1 aliphatic rings. The molecule has 2 unspecified atom stereocenters. The number of carbonyl (C=O) groups is 2. The average molecular weight is 388 g/mol. The Morgan fingerprint density at radius 1 is 1.25 bits per heavy atom. The topological polar surface area (TPSA) is 85.8 Å². The van der Waals surface area contributed by atoms with Crippen molar-refractivity contribution in [3.05, 3.63) is 35.4 Å². The van der Waals surface area contributed by atoms with Crippen LogP contribution in [0.5, 0.6) is 0 Å². The molecule has 0 saturated carbocycles. The van der Waals surface area contributed by atoms with E-state index in [2.05, 4.69) is 59.1 Å². The third-order valence-corrected chi connectivity index (χ3v) is 5.35. The zero-order valence-electron chi connectivity index (χ0n) is 17.6. The average Bonchev–Trinajstić information content (AvgIpc) is 2.90. The number of hydrogen-bond acceptors (Lipinski definition) is 3. The maximum atomic E-state index is 12.4. The molecule has 1 saturated heterocycles. The lowest BCUT2D eigenvalue weighted by Crippen LogP contribution is -2.43. The van der Waals surface area contributed by atoms with Crippen LogP contribution in [0.4, 0.5) is 4.79 Å². The molecule has 1 aromatic carbocycles. The van der Waals surface area contributed by atoms with E-state index in [1.165, 1.54) is 16.0 Å². The summed E-state index contributed by atoms with van der Waals surface area (Å²) >= 11 is 0. The zero-order chi connectivity index (χ0) is 20.7. The van der Waals surface area contributed by atoms with E-state index in [1.807, 2.05) is 6.92 Å². The molecule has 7 nitrogen and oxygen atoms in total. The molecule has 0 bridgehead atoms. The Labute approximate surface area is 168 Å². The maximum Gasteiger partial charge on any atom is 0.325 e. The van der Waals surface area contributed by atoms with Gasteiger partial charge in [0.1, 0.15) is 5.54 Å². The number of benzene rings is 1. The van der Waals surface area contributed by atoms with Gasteiger partial charge in [-0.2, -0.15) is 0 Å². The summed E-state index contributed by atoms with van der Waals surface area (Å²) < 4.78 is 0. The van der Waals surface area contributed by atoms with Gasteiger partial charge >= 0.3 is 6.03 Å². The number of aryl methyl sites for hydroxylation is 1. The first-order valence-corrected chi connectivity index (χ1v) is 9.96. The molecular weight excluding hydrogens is 354 g/mol. The molecule has 28 heavy (non-hydrogen) atoms. The fourth-order valence-corrected chi connectivity index (χ4v) is 3.12. The Balaban J connectivity index is 1.73. The highest BCUT2D eigenvalue weighted by Crippen LogP contribution is 2.20. The lowest BCUT2D eigenvalue weighted by atomic mass is 9.99. The molecule has 3 N–H and O–H groups in total. The van der Waals surface area contributed by atoms with E-state index in [9.17, 15) is 9.59 Å². The van der Waals surface area contributed by atoms with Crippen LogP contribution >= 0.6 is 0 Å². The Hall–Kier alpha value is -2.57. The van der Waals surface area contributed by atoms with Gasteiger partial charge in [0, 0.05) is 26.7 Å². The van der Waals surface area contributed by atoms with Crippen LogP contribution in [-0.2, 0) is 4.79 Å². The van der Waals surface area contributed by atoms with E-state index < -0.39 is 5.54 Å². The predicted octanol–water partition coefficient (Wildman–Crippen LogP) is 2.37. The van der Waals surface area contributed by atoms with Crippen molar-refractivity contribution in [2.75, 3.05) is 26.7 Å². The molecule has 2 rings (SSSR count). The van der Waals surface area contributed by atoms with Crippen molar-refractivity contribution in [2.24, 2.45) is 4.99 Å². The van der Waals surface area contributed by atoms with Crippen molar-refractivity contribution in [2.45, 2.75) is 52.0 Å². The summed E-state index contributed by atoms with van der Waals surface area (Å²) in [5.74, 6) is 0.931. The summed E-state index contributed by atoms with van der Waals surface area (Å²) in [6, 6.07) is 8.25. The molecule has 1 aliphatic heterocycles. The van der Waals surface area contributed by atoms with Gasteiger partial charge in [0.05, 0.1) is 0 Å². The van der Waals surface area contributed by atoms with Gasteiger partial charge in [0.15, 0.2) is 5.96 Å². The van der Waals surface area contributed by atoms with Crippen molar-refractivity contribution < 1.29 is 9.59 Å². The monoisotopic (exact) mass is 387 g/mol. The largest absolute Gasteiger partial charge is 0.356 e. The quantitative estimate of drug-likeness (QED) is 0.277. The molecule has 2 atom stereocenters. The summed E-state index contributed by atoms with van der Waals surface area (Å²) in [7, 11) is 1.73. The number of carbonyl (C=O) groups excluding carboxylic acids is 2. The molecular formula is C21H33N5O2. The smallest absolute Gasteiger partial charge is 0.325 e. The van der Waals surface area contributed by atoms with Gasteiger partial charge in [-0.1, -0.05) is 43.7 Å². The Kier molecular flexibility index (Phi) is 7.43. The van der Waals surface area contributed by atoms with Crippen molar-refractivity contribution >= 4 is 17.9 Å². The van der Waals surface area contributed by atoms with Crippen LogP contribution < -0.4 is 16.0 Å². The van der Waals surface area contributed by atoms with Crippen molar-refractivity contribution in [1.29, 1.82) is 0 Å². The number of guanidine groups is 1. The summed E-state index contributed by atoms with van der Waals surface area (Å²) in [6.07, 6.45) is 1.25. The minimum Gasteiger partial charge on any atom is -0.356 e. The fraction of sp³-hybridized carbons (Fsp3) is 0.571. The van der Waals surface area contributed by atoms with Crippen molar-refractivity contribution in [1.82, 2.24) is 20.9 Å². The number of hydrogen-bond donors (Lipinski definition) is 3. The number of urea groups is 1. The second-order valence-corrected chi connectivity index (χ2v) is 7.62. The third-order valence-electron chi connectivity index (χ3n) is 5.35. The minimum absolute atomic E-state index is 0.144. The van der Waals surface area contributed by atoms with Gasteiger partial charge in [-0.15, -0.1) is 0 Å². The molecule has 0 aliphatic carbocycles. The molecule has 1 aromatic rings. The lowest BCUT2D eigenvalue weighted by Gasteiger charge is -2.19. The number of nitrogens with zero attached hydrogens (tertiary/aromatic N) is 2. The van der Waals surface area contributed by atoms with E-state index in [-0.39, 0.29) is 11.9 Å². The fourth-order valence-electron chi connectivity index (χ4n) is 3.12.